The molecule has 1 heterocycles. The normalized spacial score (nSPS) is 9.50. The molecule has 0 spiro atoms. The van der Waals surface area contributed by atoms with Crippen molar-refractivity contribution in [1.82, 2.24) is 9.88 Å². The van der Waals surface area contributed by atoms with Gasteiger partial charge in [0, 0.05) is 20.3 Å². The molecule has 0 aliphatic rings. The van der Waals surface area contributed by atoms with Gasteiger partial charge in [-0.2, -0.15) is 0 Å². The quantitative estimate of drug-likeness (QED) is 0.495. The maximum absolute atomic E-state index is 11.2. The third-order valence-corrected chi connectivity index (χ3v) is 1.61. The largest absolute Gasteiger partial charge is 0.352 e. The highest BCUT2D eigenvalue weighted by atomic mass is 16.2. The second kappa shape index (κ2) is 3.21. The number of Topliss-reactive ketones (excluding diaryl/α,β-unsaturated/α-hetero) is 1. The Morgan fingerprint density at radius 3 is 2.58 bits per heavy atom. The van der Waals surface area contributed by atoms with Gasteiger partial charge in [-0.15, -0.1) is 0 Å². The molecule has 1 aromatic heterocycles. The predicted molar refractivity (Wildman–Crippen MR) is 43.8 cm³/mol. The maximum atomic E-state index is 11.2. The summed E-state index contributed by atoms with van der Waals surface area (Å²) in [5, 5.41) is 2.28. The van der Waals surface area contributed by atoms with Gasteiger partial charge in [0.1, 0.15) is 0 Å². The number of amides is 1. The summed E-state index contributed by atoms with van der Waals surface area (Å²) in [5.41, 5.74) is 0.398. The van der Waals surface area contributed by atoms with E-state index in [1.807, 2.05) is 0 Å². The number of ketones is 1. The number of carbonyl (C=O) groups is 2. The second-order valence-electron chi connectivity index (χ2n) is 2.41. The molecule has 0 aliphatic heterocycles. The molecule has 1 aromatic rings. The molecule has 0 aromatic carbocycles. The lowest BCUT2D eigenvalue weighted by Crippen LogP contribution is -2.28. The average molecular weight is 166 g/mol. The van der Waals surface area contributed by atoms with Crippen LogP contribution in [-0.2, 0) is 11.8 Å². The van der Waals surface area contributed by atoms with E-state index in [0.29, 0.717) is 5.69 Å². The molecule has 4 heteroatoms. The minimum absolute atomic E-state index is 0.398. The summed E-state index contributed by atoms with van der Waals surface area (Å²) in [6.45, 7) is 0. The molecule has 0 fully saturated rings. The van der Waals surface area contributed by atoms with Gasteiger partial charge in [-0.3, -0.25) is 9.59 Å². The number of hydrogen-bond acceptors (Lipinski definition) is 2. The standard InChI is InChI=1S/C8H10N2O2/c1-9-8(12)7(11)6-4-3-5-10(6)2/h3-5H,1-2H3,(H,9,12). The van der Waals surface area contributed by atoms with Crippen LogP contribution in [0.25, 0.3) is 0 Å². The summed E-state index contributed by atoms with van der Waals surface area (Å²) in [6.07, 6.45) is 1.72. The fourth-order valence-corrected chi connectivity index (χ4v) is 0.927. The molecule has 0 saturated carbocycles. The number of aryl methyl sites for hydroxylation is 1. The first-order valence-electron chi connectivity index (χ1n) is 3.54. The predicted octanol–water partition coefficient (Wildman–Crippen LogP) is -0.0462. The molecule has 0 bridgehead atoms. The van der Waals surface area contributed by atoms with Crippen LogP contribution in [0.1, 0.15) is 10.5 Å². The zero-order valence-corrected chi connectivity index (χ0v) is 7.00. The number of hydrogen-bond donors (Lipinski definition) is 1. The number of carbonyl (C=O) groups excluding carboxylic acids is 2. The van der Waals surface area contributed by atoms with Crippen molar-refractivity contribution >= 4 is 11.7 Å². The van der Waals surface area contributed by atoms with Crippen LogP contribution in [0, 0.1) is 0 Å². The molecule has 0 radical (unpaired) electrons. The smallest absolute Gasteiger partial charge is 0.293 e. The molecule has 12 heavy (non-hydrogen) atoms. The summed E-state index contributed by atoms with van der Waals surface area (Å²) in [5.74, 6) is -1.10. The van der Waals surface area contributed by atoms with Crippen LogP contribution in [-0.4, -0.2) is 23.3 Å². The Labute approximate surface area is 70.2 Å². The zero-order chi connectivity index (χ0) is 9.14. The molecule has 0 aliphatic carbocycles. The van der Waals surface area contributed by atoms with E-state index < -0.39 is 11.7 Å². The van der Waals surface area contributed by atoms with Crippen LogP contribution in [0.4, 0.5) is 0 Å². The van der Waals surface area contributed by atoms with E-state index in [9.17, 15) is 9.59 Å². The summed E-state index contributed by atoms with van der Waals surface area (Å²) in [4.78, 5) is 22.1. The average Bonchev–Trinajstić information content (AvgIpc) is 2.48. The fourth-order valence-electron chi connectivity index (χ4n) is 0.927. The van der Waals surface area contributed by atoms with Gasteiger partial charge in [-0.25, -0.2) is 0 Å². The van der Waals surface area contributed by atoms with E-state index in [2.05, 4.69) is 5.32 Å². The van der Waals surface area contributed by atoms with Gasteiger partial charge in [-0.1, -0.05) is 0 Å². The molecular formula is C8H10N2O2. The Hall–Kier alpha value is -1.58. The highest BCUT2D eigenvalue weighted by molar-refractivity contribution is 6.42. The van der Waals surface area contributed by atoms with Gasteiger partial charge in [0.2, 0.25) is 0 Å². The Morgan fingerprint density at radius 1 is 1.50 bits per heavy atom. The monoisotopic (exact) mass is 166 g/mol. The maximum Gasteiger partial charge on any atom is 0.293 e. The molecule has 1 amide bonds. The van der Waals surface area contributed by atoms with Crippen molar-refractivity contribution in [3.8, 4) is 0 Å². The Balaban J connectivity index is 2.93. The van der Waals surface area contributed by atoms with Crippen molar-refractivity contribution in [3.63, 3.8) is 0 Å². The molecule has 4 nitrogen and oxygen atoms in total. The van der Waals surface area contributed by atoms with E-state index in [-0.39, 0.29) is 0 Å². The van der Waals surface area contributed by atoms with Crippen molar-refractivity contribution in [3.05, 3.63) is 24.0 Å². The van der Waals surface area contributed by atoms with Gasteiger partial charge in [0.05, 0.1) is 5.69 Å². The number of nitrogens with zero attached hydrogens (tertiary/aromatic N) is 1. The van der Waals surface area contributed by atoms with Gasteiger partial charge in [-0.05, 0) is 12.1 Å². The van der Waals surface area contributed by atoms with Crippen molar-refractivity contribution in [2.24, 2.45) is 7.05 Å². The van der Waals surface area contributed by atoms with E-state index >= 15 is 0 Å². The van der Waals surface area contributed by atoms with Gasteiger partial charge >= 0.3 is 0 Å². The molecule has 1 rings (SSSR count). The molecule has 1 N–H and O–H groups in total. The number of nitrogens with one attached hydrogen (secondary N) is 1. The molecule has 64 valence electrons. The van der Waals surface area contributed by atoms with Crippen LogP contribution >= 0.6 is 0 Å². The molecule has 0 atom stereocenters. The van der Waals surface area contributed by atoms with Crippen LogP contribution < -0.4 is 5.32 Å². The second-order valence-corrected chi connectivity index (χ2v) is 2.41. The molecule has 0 saturated heterocycles. The zero-order valence-electron chi connectivity index (χ0n) is 7.00. The molecular weight excluding hydrogens is 156 g/mol. The van der Waals surface area contributed by atoms with Crippen LogP contribution in [0.3, 0.4) is 0 Å². The lowest BCUT2D eigenvalue weighted by atomic mass is 10.3. The number of aromatic nitrogens is 1. The Bertz CT molecular complexity index is 315. The van der Waals surface area contributed by atoms with E-state index in [1.165, 1.54) is 7.05 Å². The minimum atomic E-state index is -0.586. The summed E-state index contributed by atoms with van der Waals surface area (Å²) >= 11 is 0. The van der Waals surface area contributed by atoms with Crippen LogP contribution in [0.5, 0.6) is 0 Å². The van der Waals surface area contributed by atoms with E-state index in [1.54, 1.807) is 29.9 Å². The Kier molecular flexibility index (Phi) is 2.28. The minimum Gasteiger partial charge on any atom is -0.352 e. The highest BCUT2D eigenvalue weighted by Crippen LogP contribution is 2.00. The Morgan fingerprint density at radius 2 is 2.17 bits per heavy atom. The summed E-state index contributed by atoms with van der Waals surface area (Å²) in [7, 11) is 3.15. The topological polar surface area (TPSA) is 51.1 Å². The van der Waals surface area contributed by atoms with Gasteiger partial charge in [0.15, 0.2) is 0 Å². The first-order valence-corrected chi connectivity index (χ1v) is 3.54. The fraction of sp³-hybridized carbons (Fsp3) is 0.250. The van der Waals surface area contributed by atoms with Gasteiger partial charge in [0.25, 0.3) is 11.7 Å². The lowest BCUT2D eigenvalue weighted by molar-refractivity contribution is -0.116. The first kappa shape index (κ1) is 8.52. The van der Waals surface area contributed by atoms with Crippen molar-refractivity contribution in [2.75, 3.05) is 7.05 Å². The third kappa shape index (κ3) is 1.37. The van der Waals surface area contributed by atoms with Crippen LogP contribution in [0.2, 0.25) is 0 Å². The lowest BCUT2D eigenvalue weighted by Gasteiger charge is -1.99. The van der Waals surface area contributed by atoms with Crippen molar-refractivity contribution in [1.29, 1.82) is 0 Å². The molecule has 0 unspecified atom stereocenters. The SMILES string of the molecule is CNC(=O)C(=O)c1cccn1C. The van der Waals surface area contributed by atoms with Crippen LogP contribution in [0.15, 0.2) is 18.3 Å². The third-order valence-electron chi connectivity index (χ3n) is 1.61. The van der Waals surface area contributed by atoms with E-state index in [0.717, 1.165) is 0 Å². The van der Waals surface area contributed by atoms with Crippen molar-refractivity contribution < 1.29 is 9.59 Å². The highest BCUT2D eigenvalue weighted by Gasteiger charge is 2.16. The summed E-state index contributed by atoms with van der Waals surface area (Å²) < 4.78 is 1.61. The van der Waals surface area contributed by atoms with Gasteiger partial charge < -0.3 is 9.88 Å². The van der Waals surface area contributed by atoms with E-state index in [4.69, 9.17) is 0 Å². The number of rotatable bonds is 2. The number of likely N-dealkylation sites (N-methyl/N-ethyl adjacent to an activating group) is 1. The first-order chi connectivity index (χ1) is 5.66. The summed E-state index contributed by atoms with van der Waals surface area (Å²) in [6, 6.07) is 3.33. The van der Waals surface area contributed by atoms with Crippen molar-refractivity contribution in [2.45, 2.75) is 0 Å².